The predicted molar refractivity (Wildman–Crippen MR) is 99.2 cm³/mol. The molecule has 0 radical (unpaired) electrons. The van der Waals surface area contributed by atoms with Gasteiger partial charge in [0.25, 0.3) is 5.91 Å². The fourth-order valence-corrected chi connectivity index (χ4v) is 2.87. The van der Waals surface area contributed by atoms with Crippen molar-refractivity contribution in [2.75, 3.05) is 6.61 Å². The Morgan fingerprint density at radius 1 is 1.31 bits per heavy atom. The van der Waals surface area contributed by atoms with Gasteiger partial charge in [-0.15, -0.1) is 0 Å². The maximum absolute atomic E-state index is 13.8. The molecule has 0 saturated carbocycles. The van der Waals surface area contributed by atoms with Crippen molar-refractivity contribution in [3.05, 3.63) is 82.6 Å². The number of hydrogen-bond donors (Lipinski definition) is 1. The maximum Gasteiger partial charge on any atom is 0.258 e. The number of rotatable bonds is 6. The number of nitrogens with zero attached hydrogens (tertiary/aromatic N) is 2. The van der Waals surface area contributed by atoms with Gasteiger partial charge in [0.15, 0.2) is 18.2 Å². The first-order valence-corrected chi connectivity index (χ1v) is 8.73. The largest absolute Gasteiger partial charge is 0.481 e. The lowest BCUT2D eigenvalue weighted by molar-refractivity contribution is -0.123. The Hall–Kier alpha value is -2.67. The third kappa shape index (κ3) is 4.29. The van der Waals surface area contributed by atoms with Crippen molar-refractivity contribution in [1.82, 2.24) is 14.9 Å². The number of aryl methyl sites for hydroxylation is 1. The van der Waals surface area contributed by atoms with Crippen LogP contribution >= 0.6 is 15.9 Å². The number of hydrogen-bond acceptors (Lipinski definition) is 3. The molecule has 0 bridgehead atoms. The zero-order valence-corrected chi connectivity index (χ0v) is 15.6. The van der Waals surface area contributed by atoms with E-state index in [0.717, 1.165) is 5.56 Å². The standard InChI is InChI=1S/C19H17BrFN3O2/c1-24-10-9-22-19(24)18(13-5-3-2-4-6-13)23-17(25)12-26-16-8-7-14(20)11-15(16)21/h2-11,18H,12H2,1H3,(H,23,25)/t18-/m1/s1. The molecule has 0 aliphatic carbocycles. The van der Waals surface area contributed by atoms with Crippen LogP contribution in [0.2, 0.25) is 0 Å². The number of nitrogens with one attached hydrogen (secondary N) is 1. The molecule has 0 saturated heterocycles. The van der Waals surface area contributed by atoms with E-state index in [0.29, 0.717) is 10.3 Å². The summed E-state index contributed by atoms with van der Waals surface area (Å²) in [7, 11) is 1.86. The van der Waals surface area contributed by atoms with Crippen molar-refractivity contribution in [3.8, 4) is 5.75 Å². The van der Waals surface area contributed by atoms with Crippen LogP contribution in [0.3, 0.4) is 0 Å². The topological polar surface area (TPSA) is 56.2 Å². The van der Waals surface area contributed by atoms with Crippen LogP contribution in [0.25, 0.3) is 0 Å². The Labute approximate surface area is 159 Å². The summed E-state index contributed by atoms with van der Waals surface area (Å²) in [5.41, 5.74) is 0.893. The lowest BCUT2D eigenvalue weighted by atomic mass is 10.1. The van der Waals surface area contributed by atoms with E-state index >= 15 is 0 Å². The first kappa shape index (κ1) is 18.1. The molecular formula is C19H17BrFN3O2. The summed E-state index contributed by atoms with van der Waals surface area (Å²) in [5, 5.41) is 2.90. The van der Waals surface area contributed by atoms with Gasteiger partial charge in [-0.2, -0.15) is 0 Å². The summed E-state index contributed by atoms with van der Waals surface area (Å²) in [6.07, 6.45) is 3.48. The van der Waals surface area contributed by atoms with E-state index in [-0.39, 0.29) is 18.3 Å². The minimum Gasteiger partial charge on any atom is -0.481 e. The van der Waals surface area contributed by atoms with Crippen LogP contribution in [0, 0.1) is 5.82 Å². The quantitative estimate of drug-likeness (QED) is 0.666. The van der Waals surface area contributed by atoms with Crippen molar-refractivity contribution in [2.45, 2.75) is 6.04 Å². The Morgan fingerprint density at radius 2 is 2.08 bits per heavy atom. The summed E-state index contributed by atoms with van der Waals surface area (Å²) in [6, 6.07) is 13.5. The molecule has 7 heteroatoms. The molecule has 0 unspecified atom stereocenters. The van der Waals surface area contributed by atoms with Gasteiger partial charge in [0.1, 0.15) is 11.9 Å². The molecule has 1 atom stereocenters. The van der Waals surface area contributed by atoms with Crippen LogP contribution < -0.4 is 10.1 Å². The van der Waals surface area contributed by atoms with Crippen LogP contribution in [0.1, 0.15) is 17.4 Å². The molecule has 1 N–H and O–H groups in total. The molecule has 1 aromatic heterocycles. The van der Waals surface area contributed by atoms with Crippen LogP contribution in [-0.4, -0.2) is 22.1 Å². The van der Waals surface area contributed by atoms with E-state index in [1.54, 1.807) is 12.3 Å². The molecule has 1 heterocycles. The lowest BCUT2D eigenvalue weighted by Crippen LogP contribution is -2.34. The second kappa shape index (κ2) is 8.14. The molecule has 0 aliphatic rings. The molecule has 0 aliphatic heterocycles. The highest BCUT2D eigenvalue weighted by molar-refractivity contribution is 9.10. The molecule has 3 aromatic rings. The zero-order chi connectivity index (χ0) is 18.5. The van der Waals surface area contributed by atoms with Crippen LogP contribution in [0.5, 0.6) is 5.75 Å². The summed E-state index contributed by atoms with van der Waals surface area (Å²) < 4.78 is 21.6. The highest BCUT2D eigenvalue weighted by atomic mass is 79.9. The molecule has 3 rings (SSSR count). The number of amides is 1. The van der Waals surface area contributed by atoms with Gasteiger partial charge in [-0.05, 0) is 23.8 Å². The minimum atomic E-state index is -0.532. The summed E-state index contributed by atoms with van der Waals surface area (Å²) in [6.45, 7) is -0.299. The van der Waals surface area contributed by atoms with E-state index in [9.17, 15) is 9.18 Å². The van der Waals surface area contributed by atoms with E-state index in [4.69, 9.17) is 4.74 Å². The van der Waals surface area contributed by atoms with Crippen molar-refractivity contribution < 1.29 is 13.9 Å². The highest BCUT2D eigenvalue weighted by Gasteiger charge is 2.21. The first-order valence-electron chi connectivity index (χ1n) is 7.94. The molecule has 134 valence electrons. The average molecular weight is 418 g/mol. The second-order valence-corrected chi connectivity index (χ2v) is 6.59. The average Bonchev–Trinajstić information content (AvgIpc) is 3.05. The van der Waals surface area contributed by atoms with Gasteiger partial charge in [0.05, 0.1) is 0 Å². The minimum absolute atomic E-state index is 0.0246. The number of benzene rings is 2. The van der Waals surface area contributed by atoms with E-state index < -0.39 is 11.9 Å². The van der Waals surface area contributed by atoms with Gasteiger partial charge in [0, 0.05) is 23.9 Å². The summed E-state index contributed by atoms with van der Waals surface area (Å²) in [4.78, 5) is 16.7. The number of carbonyl (C=O) groups excluding carboxylic acids is 1. The van der Waals surface area contributed by atoms with Gasteiger partial charge >= 0.3 is 0 Å². The van der Waals surface area contributed by atoms with Gasteiger partial charge < -0.3 is 14.6 Å². The van der Waals surface area contributed by atoms with Crippen LogP contribution in [-0.2, 0) is 11.8 Å². The Kier molecular flexibility index (Phi) is 5.68. The second-order valence-electron chi connectivity index (χ2n) is 5.67. The van der Waals surface area contributed by atoms with Crippen molar-refractivity contribution in [1.29, 1.82) is 0 Å². The fourth-order valence-electron chi connectivity index (χ4n) is 2.54. The number of carbonyl (C=O) groups is 1. The van der Waals surface area contributed by atoms with Crippen LogP contribution in [0.4, 0.5) is 4.39 Å². The molecule has 26 heavy (non-hydrogen) atoms. The maximum atomic E-state index is 13.8. The third-order valence-corrected chi connectivity index (χ3v) is 4.30. The number of halogens is 2. The van der Waals surface area contributed by atoms with E-state index in [1.165, 1.54) is 12.1 Å². The third-order valence-electron chi connectivity index (χ3n) is 3.81. The van der Waals surface area contributed by atoms with Gasteiger partial charge in [-0.25, -0.2) is 9.37 Å². The molecule has 2 aromatic carbocycles. The summed E-state index contributed by atoms with van der Waals surface area (Å²) >= 11 is 3.18. The van der Waals surface area contributed by atoms with Crippen molar-refractivity contribution in [2.24, 2.45) is 7.05 Å². The molecule has 5 nitrogen and oxygen atoms in total. The highest BCUT2D eigenvalue weighted by Crippen LogP contribution is 2.22. The smallest absolute Gasteiger partial charge is 0.258 e. The monoisotopic (exact) mass is 417 g/mol. The summed E-state index contributed by atoms with van der Waals surface area (Å²) in [5.74, 6) is -0.184. The fraction of sp³-hybridized carbons (Fsp3) is 0.158. The molecule has 0 spiro atoms. The normalized spacial score (nSPS) is 11.8. The molecule has 0 fully saturated rings. The molecule has 1 amide bonds. The van der Waals surface area contributed by atoms with Gasteiger partial charge in [-0.1, -0.05) is 46.3 Å². The van der Waals surface area contributed by atoms with E-state index in [1.807, 2.05) is 48.1 Å². The van der Waals surface area contributed by atoms with Crippen LogP contribution in [0.15, 0.2) is 65.4 Å². The SMILES string of the molecule is Cn1ccnc1[C@H](NC(=O)COc1ccc(Br)cc1F)c1ccccc1. The zero-order valence-electron chi connectivity index (χ0n) is 14.0. The number of aromatic nitrogens is 2. The predicted octanol–water partition coefficient (Wildman–Crippen LogP) is 3.61. The van der Waals surface area contributed by atoms with Crippen molar-refractivity contribution >= 4 is 21.8 Å². The van der Waals surface area contributed by atoms with Crippen molar-refractivity contribution in [3.63, 3.8) is 0 Å². The Balaban J connectivity index is 1.72. The number of ether oxygens (including phenoxy) is 1. The van der Waals surface area contributed by atoms with Gasteiger partial charge in [0.2, 0.25) is 0 Å². The first-order chi connectivity index (χ1) is 12.5. The molecular weight excluding hydrogens is 401 g/mol. The van der Waals surface area contributed by atoms with Gasteiger partial charge in [-0.3, -0.25) is 4.79 Å². The lowest BCUT2D eigenvalue weighted by Gasteiger charge is -2.19. The Bertz CT molecular complexity index is 899. The Morgan fingerprint density at radius 3 is 2.73 bits per heavy atom. The number of imidazole rings is 1. The van der Waals surface area contributed by atoms with E-state index in [2.05, 4.69) is 26.2 Å².